The first-order chi connectivity index (χ1) is 15.5. The molecule has 164 valence electrons. The van der Waals surface area contributed by atoms with Crippen LogP contribution in [0.5, 0.6) is 0 Å². The summed E-state index contributed by atoms with van der Waals surface area (Å²) in [7, 11) is -3.49. The average Bonchev–Trinajstić information content (AvgIpc) is 3.28. The van der Waals surface area contributed by atoms with E-state index in [1.165, 1.54) is 0 Å². The number of rotatable bonds is 4. The highest BCUT2D eigenvalue weighted by Crippen LogP contribution is 2.32. The van der Waals surface area contributed by atoms with Gasteiger partial charge in [0.15, 0.2) is 5.82 Å². The van der Waals surface area contributed by atoms with Crippen molar-refractivity contribution in [3.05, 3.63) is 72.1 Å². The van der Waals surface area contributed by atoms with Crippen molar-refractivity contribution < 1.29 is 13.2 Å². The number of fused-ring (bicyclic) bond motifs is 1. The van der Waals surface area contributed by atoms with Crippen LogP contribution in [0.25, 0.3) is 11.4 Å². The summed E-state index contributed by atoms with van der Waals surface area (Å²) in [6.07, 6.45) is 6.58. The molecule has 5 rings (SSSR count). The Labute approximate surface area is 187 Å². The van der Waals surface area contributed by atoms with Crippen LogP contribution in [0.4, 0.5) is 5.69 Å². The van der Waals surface area contributed by atoms with Gasteiger partial charge >= 0.3 is 0 Å². The minimum atomic E-state index is -3.49. The van der Waals surface area contributed by atoms with Crippen LogP contribution >= 0.6 is 0 Å². The number of carbonyl (C=O) groups excluding carboxylic acids is 1. The van der Waals surface area contributed by atoms with Crippen molar-refractivity contribution in [1.82, 2.24) is 14.3 Å². The summed E-state index contributed by atoms with van der Waals surface area (Å²) in [5.74, 6) is 0.381. The van der Waals surface area contributed by atoms with Gasteiger partial charge in [-0.15, -0.1) is 0 Å². The third-order valence-electron chi connectivity index (χ3n) is 6.08. The molecule has 0 N–H and O–H groups in total. The lowest BCUT2D eigenvalue weighted by molar-refractivity contribution is 0.0988. The molecule has 3 heterocycles. The standard InChI is InChI=1S/C24H24N4O3S/c29-24(20-16-25-23(26-17-20)18-7-3-1-4-8-18)28-14-11-19-15-21(9-10-22(19)28)32(30,31)27-12-5-2-6-13-27/h1,3-4,7-10,15-17H,2,5-6,11-14H2. The molecule has 2 aliphatic rings. The summed E-state index contributed by atoms with van der Waals surface area (Å²) in [6.45, 7) is 1.65. The number of sulfonamides is 1. The van der Waals surface area contributed by atoms with Gasteiger partial charge in [0, 0.05) is 43.3 Å². The molecule has 7 nitrogen and oxygen atoms in total. The lowest BCUT2D eigenvalue weighted by Gasteiger charge is -2.26. The highest BCUT2D eigenvalue weighted by atomic mass is 32.2. The van der Waals surface area contributed by atoms with Crippen molar-refractivity contribution in [3.8, 4) is 11.4 Å². The maximum absolute atomic E-state index is 13.1. The molecule has 0 bridgehead atoms. The highest BCUT2D eigenvalue weighted by molar-refractivity contribution is 7.89. The number of benzene rings is 2. The van der Waals surface area contributed by atoms with E-state index in [0.29, 0.717) is 42.3 Å². The van der Waals surface area contributed by atoms with Crippen LogP contribution in [0.2, 0.25) is 0 Å². The first kappa shape index (κ1) is 20.8. The Bertz CT molecular complexity index is 1240. The molecular formula is C24H24N4O3S. The van der Waals surface area contributed by atoms with E-state index < -0.39 is 10.0 Å². The predicted octanol–water partition coefficient (Wildman–Crippen LogP) is 3.52. The fraction of sp³-hybridized carbons (Fsp3) is 0.292. The second kappa shape index (κ2) is 8.44. The number of anilines is 1. The molecule has 0 saturated carbocycles. The maximum Gasteiger partial charge on any atom is 0.261 e. The van der Waals surface area contributed by atoms with Crippen molar-refractivity contribution in [1.29, 1.82) is 0 Å². The summed E-state index contributed by atoms with van der Waals surface area (Å²) < 4.78 is 27.6. The SMILES string of the molecule is O=C(c1cnc(-c2ccccc2)nc1)N1CCc2cc(S(=O)(=O)N3CCCCC3)ccc21. The molecule has 0 unspecified atom stereocenters. The third-order valence-corrected chi connectivity index (χ3v) is 7.97. The van der Waals surface area contributed by atoms with Crippen molar-refractivity contribution in [2.75, 3.05) is 24.5 Å². The number of hydrogen-bond acceptors (Lipinski definition) is 5. The Morgan fingerprint density at radius 2 is 1.59 bits per heavy atom. The van der Waals surface area contributed by atoms with Gasteiger partial charge in [-0.2, -0.15) is 4.31 Å². The summed E-state index contributed by atoms with van der Waals surface area (Å²) >= 11 is 0. The summed E-state index contributed by atoms with van der Waals surface area (Å²) in [5.41, 5.74) is 2.92. The number of piperidine rings is 1. The zero-order chi connectivity index (χ0) is 22.1. The largest absolute Gasteiger partial charge is 0.308 e. The molecule has 1 saturated heterocycles. The normalized spacial score (nSPS) is 16.7. The second-order valence-electron chi connectivity index (χ2n) is 8.12. The van der Waals surface area contributed by atoms with E-state index in [0.717, 1.165) is 36.1 Å². The Kier molecular flexibility index (Phi) is 5.48. The molecule has 1 aromatic heterocycles. The van der Waals surface area contributed by atoms with Gasteiger partial charge in [0.1, 0.15) is 0 Å². The molecule has 8 heteroatoms. The number of amides is 1. The first-order valence-electron chi connectivity index (χ1n) is 10.9. The van der Waals surface area contributed by atoms with Gasteiger partial charge in [0.05, 0.1) is 10.5 Å². The lowest BCUT2D eigenvalue weighted by Crippen LogP contribution is -2.35. The van der Waals surface area contributed by atoms with Gasteiger partial charge in [-0.05, 0) is 43.0 Å². The molecular weight excluding hydrogens is 424 g/mol. The summed E-state index contributed by atoms with van der Waals surface area (Å²) in [5, 5.41) is 0. The molecule has 0 atom stereocenters. The van der Waals surface area contributed by atoms with E-state index in [-0.39, 0.29) is 5.91 Å². The Morgan fingerprint density at radius 1 is 0.875 bits per heavy atom. The highest BCUT2D eigenvalue weighted by Gasteiger charge is 2.30. The predicted molar refractivity (Wildman–Crippen MR) is 122 cm³/mol. The zero-order valence-corrected chi connectivity index (χ0v) is 18.5. The molecule has 0 radical (unpaired) electrons. The van der Waals surface area contributed by atoms with Crippen LogP contribution in [0.1, 0.15) is 35.2 Å². The van der Waals surface area contributed by atoms with Crippen molar-refractivity contribution in [3.63, 3.8) is 0 Å². The van der Waals surface area contributed by atoms with Crippen LogP contribution in [0, 0.1) is 0 Å². The minimum Gasteiger partial charge on any atom is -0.308 e. The van der Waals surface area contributed by atoms with Gasteiger partial charge in [0.2, 0.25) is 10.0 Å². The number of hydrogen-bond donors (Lipinski definition) is 0. The van der Waals surface area contributed by atoms with Crippen LogP contribution < -0.4 is 4.90 Å². The van der Waals surface area contributed by atoms with Crippen LogP contribution in [0.3, 0.4) is 0 Å². The van der Waals surface area contributed by atoms with Gasteiger partial charge < -0.3 is 4.90 Å². The summed E-state index contributed by atoms with van der Waals surface area (Å²) in [6, 6.07) is 14.7. The quantitative estimate of drug-likeness (QED) is 0.610. The molecule has 2 aliphatic heterocycles. The van der Waals surface area contributed by atoms with Crippen molar-refractivity contribution in [2.45, 2.75) is 30.6 Å². The van der Waals surface area contributed by atoms with E-state index in [1.807, 2.05) is 30.3 Å². The smallest absolute Gasteiger partial charge is 0.261 e. The Balaban J connectivity index is 1.37. The maximum atomic E-state index is 13.1. The Morgan fingerprint density at radius 3 is 2.31 bits per heavy atom. The first-order valence-corrected chi connectivity index (χ1v) is 12.3. The number of nitrogens with zero attached hydrogens (tertiary/aromatic N) is 4. The van der Waals surface area contributed by atoms with Crippen molar-refractivity contribution in [2.24, 2.45) is 0 Å². The molecule has 0 aliphatic carbocycles. The molecule has 32 heavy (non-hydrogen) atoms. The second-order valence-corrected chi connectivity index (χ2v) is 10.1. The molecule has 2 aromatic carbocycles. The van der Waals surface area contributed by atoms with Gasteiger partial charge in [-0.1, -0.05) is 36.8 Å². The van der Waals surface area contributed by atoms with E-state index in [9.17, 15) is 13.2 Å². The number of carbonyl (C=O) groups is 1. The average molecular weight is 449 g/mol. The van der Waals surface area contributed by atoms with Crippen LogP contribution in [-0.4, -0.2) is 48.2 Å². The van der Waals surface area contributed by atoms with E-state index >= 15 is 0 Å². The molecule has 1 fully saturated rings. The molecule has 3 aromatic rings. The minimum absolute atomic E-state index is 0.185. The van der Waals surface area contributed by atoms with Gasteiger partial charge in [0.25, 0.3) is 5.91 Å². The topological polar surface area (TPSA) is 83.5 Å². The Hall–Kier alpha value is -3.10. The zero-order valence-electron chi connectivity index (χ0n) is 17.6. The van der Waals surface area contributed by atoms with Gasteiger partial charge in [-0.25, -0.2) is 18.4 Å². The number of aromatic nitrogens is 2. The monoisotopic (exact) mass is 448 g/mol. The summed E-state index contributed by atoms with van der Waals surface area (Å²) in [4.78, 5) is 23.8. The van der Waals surface area contributed by atoms with E-state index in [1.54, 1.807) is 39.8 Å². The van der Waals surface area contributed by atoms with Gasteiger partial charge in [-0.3, -0.25) is 4.79 Å². The lowest BCUT2D eigenvalue weighted by atomic mass is 10.2. The van der Waals surface area contributed by atoms with Crippen LogP contribution in [0.15, 0.2) is 65.8 Å². The van der Waals surface area contributed by atoms with Crippen LogP contribution in [-0.2, 0) is 16.4 Å². The third kappa shape index (κ3) is 3.80. The van der Waals surface area contributed by atoms with E-state index in [2.05, 4.69) is 9.97 Å². The fourth-order valence-electron chi connectivity index (χ4n) is 4.33. The fourth-order valence-corrected chi connectivity index (χ4v) is 5.90. The van der Waals surface area contributed by atoms with Crippen molar-refractivity contribution >= 4 is 21.6 Å². The molecule has 1 amide bonds. The molecule has 0 spiro atoms. The van der Waals surface area contributed by atoms with E-state index in [4.69, 9.17) is 0 Å².